The molecular weight excluding hydrogens is 284 g/mol. The highest BCUT2D eigenvalue weighted by atomic mass is 32.1. The lowest BCUT2D eigenvalue weighted by Crippen LogP contribution is -2.12. The number of anilines is 1. The molecule has 0 amide bonds. The van der Waals surface area contributed by atoms with Crippen LogP contribution in [-0.4, -0.2) is 16.1 Å². The van der Waals surface area contributed by atoms with Crippen LogP contribution in [0, 0.1) is 0 Å². The van der Waals surface area contributed by atoms with Crippen LogP contribution in [0.1, 0.15) is 60.1 Å². The topological polar surface area (TPSA) is 62.2 Å². The molecule has 0 bridgehead atoms. The third-order valence-electron chi connectivity index (χ3n) is 3.30. The Hall–Kier alpha value is -1.88. The van der Waals surface area contributed by atoms with E-state index in [2.05, 4.69) is 23.3 Å². The minimum absolute atomic E-state index is 0.154. The first-order chi connectivity index (χ1) is 10.0. The van der Waals surface area contributed by atoms with Crippen LogP contribution in [0.2, 0.25) is 0 Å². The summed E-state index contributed by atoms with van der Waals surface area (Å²) < 4.78 is 0. The molecule has 21 heavy (non-hydrogen) atoms. The summed E-state index contributed by atoms with van der Waals surface area (Å²) in [6.07, 6.45) is 0.913. The van der Waals surface area contributed by atoms with Crippen molar-refractivity contribution in [3.05, 3.63) is 45.8 Å². The summed E-state index contributed by atoms with van der Waals surface area (Å²) >= 11 is 1.69. The second-order valence-electron chi connectivity index (χ2n) is 5.25. The van der Waals surface area contributed by atoms with Crippen molar-refractivity contribution in [2.24, 2.45) is 0 Å². The smallest absolute Gasteiger partial charge is 0.335 e. The largest absolute Gasteiger partial charge is 0.478 e. The summed E-state index contributed by atoms with van der Waals surface area (Å²) in [5.41, 5.74) is 1.07. The van der Waals surface area contributed by atoms with Crippen LogP contribution >= 0.6 is 11.3 Å². The first kappa shape index (κ1) is 15.5. The van der Waals surface area contributed by atoms with Gasteiger partial charge in [0.2, 0.25) is 0 Å². The predicted octanol–water partition coefficient (Wildman–Crippen LogP) is 4.53. The van der Waals surface area contributed by atoms with Gasteiger partial charge in [-0.3, -0.25) is 0 Å². The summed E-state index contributed by atoms with van der Waals surface area (Å²) in [6, 6.07) is 7.50. The van der Waals surface area contributed by atoms with Gasteiger partial charge in [-0.25, -0.2) is 9.78 Å². The monoisotopic (exact) mass is 304 g/mol. The molecule has 0 radical (unpaired) electrons. The maximum atomic E-state index is 11.3. The molecular formula is C16H20N2O2S. The third kappa shape index (κ3) is 3.82. The average Bonchev–Trinajstić information content (AvgIpc) is 2.98. The Morgan fingerprint density at radius 2 is 2.19 bits per heavy atom. The zero-order valence-electron chi connectivity index (χ0n) is 12.5. The second kappa shape index (κ2) is 6.72. The van der Waals surface area contributed by atoms with Crippen molar-refractivity contribution in [2.45, 2.75) is 39.2 Å². The number of hydrogen-bond acceptors (Lipinski definition) is 4. The van der Waals surface area contributed by atoms with Gasteiger partial charge in [0, 0.05) is 10.6 Å². The van der Waals surface area contributed by atoms with E-state index in [1.165, 1.54) is 4.88 Å². The van der Waals surface area contributed by atoms with Gasteiger partial charge in [0.25, 0.3) is 0 Å². The fourth-order valence-electron chi connectivity index (χ4n) is 2.09. The molecule has 0 aliphatic carbocycles. The molecule has 0 aromatic carbocycles. The number of aromatic nitrogens is 1. The van der Waals surface area contributed by atoms with E-state index in [1.54, 1.807) is 23.5 Å². The fraction of sp³-hybridized carbons (Fsp3) is 0.375. The van der Waals surface area contributed by atoms with E-state index in [9.17, 15) is 9.90 Å². The number of hydrogen-bond donors (Lipinski definition) is 2. The van der Waals surface area contributed by atoms with E-state index in [0.717, 1.165) is 12.1 Å². The molecule has 2 aromatic heterocycles. The van der Waals surface area contributed by atoms with Crippen LogP contribution in [0.25, 0.3) is 0 Å². The fourth-order valence-corrected chi connectivity index (χ4v) is 2.95. The van der Waals surface area contributed by atoms with Crippen LogP contribution in [-0.2, 0) is 0 Å². The van der Waals surface area contributed by atoms with Crippen molar-refractivity contribution in [1.29, 1.82) is 0 Å². The van der Waals surface area contributed by atoms with Crippen molar-refractivity contribution in [2.75, 3.05) is 5.32 Å². The Kier molecular flexibility index (Phi) is 4.96. The molecule has 0 fully saturated rings. The van der Waals surface area contributed by atoms with E-state index >= 15 is 0 Å². The van der Waals surface area contributed by atoms with Crippen molar-refractivity contribution >= 4 is 23.1 Å². The van der Waals surface area contributed by atoms with Crippen LogP contribution < -0.4 is 5.32 Å². The van der Waals surface area contributed by atoms with E-state index in [0.29, 0.717) is 5.82 Å². The lowest BCUT2D eigenvalue weighted by Gasteiger charge is -2.18. The van der Waals surface area contributed by atoms with Gasteiger partial charge in [0.1, 0.15) is 5.82 Å². The second-order valence-corrected chi connectivity index (χ2v) is 6.23. The molecule has 2 N–H and O–H groups in total. The molecule has 112 valence electrons. The van der Waals surface area contributed by atoms with Crippen LogP contribution in [0.3, 0.4) is 0 Å². The van der Waals surface area contributed by atoms with Gasteiger partial charge in [-0.1, -0.05) is 26.8 Å². The highest BCUT2D eigenvalue weighted by molar-refractivity contribution is 7.10. The molecule has 0 saturated carbocycles. The van der Waals surface area contributed by atoms with Crippen molar-refractivity contribution in [1.82, 2.24) is 4.98 Å². The zero-order chi connectivity index (χ0) is 15.4. The first-order valence-corrected chi connectivity index (χ1v) is 7.94. The minimum Gasteiger partial charge on any atom is -0.478 e. The molecule has 2 heterocycles. The highest BCUT2D eigenvalue weighted by Crippen LogP contribution is 2.27. The number of pyridine rings is 1. The number of rotatable bonds is 6. The first-order valence-electron chi connectivity index (χ1n) is 7.06. The van der Waals surface area contributed by atoms with Gasteiger partial charge in [0.15, 0.2) is 0 Å². The Balaban J connectivity index is 2.32. The summed E-state index contributed by atoms with van der Waals surface area (Å²) in [4.78, 5) is 17.0. The van der Waals surface area contributed by atoms with Gasteiger partial charge < -0.3 is 10.4 Å². The molecule has 2 rings (SSSR count). The van der Waals surface area contributed by atoms with Crippen LogP contribution in [0.15, 0.2) is 29.6 Å². The standard InChI is InChI=1S/C16H20N2O2S/c1-4-12(14-6-5-7-21-14)17-15-9-11(16(19)20)8-13(18-15)10(2)3/h5-10,12H,4H2,1-3H3,(H,17,18)(H,19,20). The number of carboxylic acid groups (broad SMARTS) is 1. The normalized spacial score (nSPS) is 12.4. The minimum atomic E-state index is -0.925. The third-order valence-corrected chi connectivity index (χ3v) is 4.29. The molecule has 4 nitrogen and oxygen atoms in total. The van der Waals surface area contributed by atoms with E-state index in [4.69, 9.17) is 0 Å². The number of nitrogens with zero attached hydrogens (tertiary/aromatic N) is 1. The molecule has 5 heteroatoms. The number of carbonyl (C=O) groups is 1. The lowest BCUT2D eigenvalue weighted by atomic mass is 10.1. The summed E-state index contributed by atoms with van der Waals surface area (Å²) in [5.74, 6) is -0.114. The Labute approximate surface area is 128 Å². The van der Waals surface area contributed by atoms with Gasteiger partial charge in [-0.05, 0) is 35.9 Å². The maximum absolute atomic E-state index is 11.3. The Bertz CT molecular complexity index is 609. The van der Waals surface area contributed by atoms with Gasteiger partial charge >= 0.3 is 5.97 Å². The molecule has 2 aromatic rings. The van der Waals surface area contributed by atoms with Gasteiger partial charge in [-0.2, -0.15) is 0 Å². The van der Waals surface area contributed by atoms with E-state index in [-0.39, 0.29) is 17.5 Å². The number of thiophene rings is 1. The van der Waals surface area contributed by atoms with Crippen LogP contribution in [0.4, 0.5) is 5.82 Å². The summed E-state index contributed by atoms with van der Waals surface area (Å²) in [5, 5.41) is 14.6. The lowest BCUT2D eigenvalue weighted by molar-refractivity contribution is 0.0696. The molecule has 0 aliphatic rings. The summed E-state index contributed by atoms with van der Waals surface area (Å²) in [7, 11) is 0. The van der Waals surface area contributed by atoms with Crippen molar-refractivity contribution in [3.8, 4) is 0 Å². The average molecular weight is 304 g/mol. The van der Waals surface area contributed by atoms with Crippen molar-refractivity contribution in [3.63, 3.8) is 0 Å². The Morgan fingerprint density at radius 1 is 1.43 bits per heavy atom. The maximum Gasteiger partial charge on any atom is 0.335 e. The van der Waals surface area contributed by atoms with Gasteiger partial charge in [0.05, 0.1) is 11.6 Å². The van der Waals surface area contributed by atoms with E-state index < -0.39 is 5.97 Å². The molecule has 1 unspecified atom stereocenters. The Morgan fingerprint density at radius 3 is 2.71 bits per heavy atom. The number of carboxylic acids is 1. The molecule has 0 saturated heterocycles. The predicted molar refractivity (Wildman–Crippen MR) is 86.3 cm³/mol. The van der Waals surface area contributed by atoms with E-state index in [1.807, 2.05) is 25.3 Å². The quantitative estimate of drug-likeness (QED) is 0.823. The highest BCUT2D eigenvalue weighted by Gasteiger charge is 2.15. The van der Waals surface area contributed by atoms with Crippen molar-refractivity contribution < 1.29 is 9.90 Å². The number of aromatic carboxylic acids is 1. The molecule has 0 spiro atoms. The summed E-state index contributed by atoms with van der Waals surface area (Å²) in [6.45, 7) is 6.12. The SMILES string of the molecule is CCC(Nc1cc(C(=O)O)cc(C(C)C)n1)c1cccs1. The van der Waals surface area contributed by atoms with Gasteiger partial charge in [-0.15, -0.1) is 11.3 Å². The number of nitrogens with one attached hydrogen (secondary N) is 1. The molecule has 1 atom stereocenters. The zero-order valence-corrected chi connectivity index (χ0v) is 13.3. The van der Waals surface area contributed by atoms with Crippen LogP contribution in [0.5, 0.6) is 0 Å². The molecule has 0 aliphatic heterocycles.